The summed E-state index contributed by atoms with van der Waals surface area (Å²) in [5.41, 5.74) is 0. The van der Waals surface area contributed by atoms with E-state index in [0.717, 1.165) is 38.5 Å². The van der Waals surface area contributed by atoms with Gasteiger partial charge in [-0.05, 0) is 64.2 Å². The second-order valence-corrected chi connectivity index (χ2v) is 24.3. The van der Waals surface area contributed by atoms with Crippen molar-refractivity contribution in [2.24, 2.45) is 0 Å². The third-order valence-electron chi connectivity index (χ3n) is 16.5. The van der Waals surface area contributed by atoms with Gasteiger partial charge in [0, 0.05) is 6.42 Å². The molecule has 0 fully saturated rings. The van der Waals surface area contributed by atoms with Crippen molar-refractivity contribution in [3.63, 3.8) is 0 Å². The molecule has 2 atom stereocenters. The van der Waals surface area contributed by atoms with Gasteiger partial charge in [-0.25, -0.2) is 0 Å². The van der Waals surface area contributed by atoms with Gasteiger partial charge in [0.05, 0.1) is 18.8 Å². The highest BCUT2D eigenvalue weighted by Crippen LogP contribution is 2.19. The summed E-state index contributed by atoms with van der Waals surface area (Å²) in [6.07, 6.45) is 96.4. The van der Waals surface area contributed by atoms with E-state index in [1.54, 1.807) is 6.08 Å². The molecule has 0 heterocycles. The molecule has 0 aliphatic carbocycles. The summed E-state index contributed by atoms with van der Waals surface area (Å²) in [6, 6.07) is -0.639. The predicted molar refractivity (Wildman–Crippen MR) is 345 cm³/mol. The fourth-order valence-corrected chi connectivity index (χ4v) is 11.2. The average molecular weight is 1080 g/mol. The third-order valence-corrected chi connectivity index (χ3v) is 16.5. The Morgan fingerprint density at radius 2 is 0.545 bits per heavy atom. The van der Waals surface area contributed by atoms with Gasteiger partial charge in [-0.2, -0.15) is 0 Å². The number of amides is 1. The van der Waals surface area contributed by atoms with Gasteiger partial charge in [-0.15, -0.1) is 0 Å². The van der Waals surface area contributed by atoms with Gasteiger partial charge < -0.3 is 15.5 Å². The Kier molecular flexibility index (Phi) is 67.2. The van der Waals surface area contributed by atoms with Gasteiger partial charge >= 0.3 is 0 Å². The summed E-state index contributed by atoms with van der Waals surface area (Å²) in [7, 11) is 0. The van der Waals surface area contributed by atoms with E-state index in [0.29, 0.717) is 6.42 Å². The fraction of sp³-hybridized carbons (Fsp3) is 0.877. The number of carbonyl (C=O) groups is 1. The first-order chi connectivity index (χ1) is 38.2. The smallest absolute Gasteiger partial charge is 0.220 e. The number of rotatable bonds is 66. The number of unbranched alkanes of at least 4 members (excludes halogenated alkanes) is 53. The lowest BCUT2D eigenvalue weighted by atomic mass is 10.0. The van der Waals surface area contributed by atoms with Crippen LogP contribution in [0.1, 0.15) is 393 Å². The van der Waals surface area contributed by atoms with Crippen LogP contribution in [0.4, 0.5) is 0 Å². The van der Waals surface area contributed by atoms with Crippen LogP contribution in [0.25, 0.3) is 0 Å². The monoisotopic (exact) mass is 1080 g/mol. The number of allylic oxidation sites excluding steroid dienone is 7. The number of nitrogens with one attached hydrogen (secondary N) is 1. The summed E-state index contributed by atoms with van der Waals surface area (Å²) < 4.78 is 0. The van der Waals surface area contributed by atoms with Crippen LogP contribution in [-0.2, 0) is 4.79 Å². The van der Waals surface area contributed by atoms with Crippen molar-refractivity contribution in [3.8, 4) is 0 Å². The molecule has 0 saturated heterocycles. The fourth-order valence-electron chi connectivity index (χ4n) is 11.2. The molecule has 4 heteroatoms. The highest BCUT2D eigenvalue weighted by Gasteiger charge is 2.18. The Morgan fingerprint density at radius 3 is 0.831 bits per heavy atom. The maximum Gasteiger partial charge on any atom is 0.220 e. The van der Waals surface area contributed by atoms with Crippen LogP contribution >= 0.6 is 0 Å². The van der Waals surface area contributed by atoms with Crippen LogP contribution in [0.15, 0.2) is 48.6 Å². The van der Waals surface area contributed by atoms with Crippen molar-refractivity contribution in [2.75, 3.05) is 6.61 Å². The quantitative estimate of drug-likeness (QED) is 0.0420. The highest BCUT2D eigenvalue weighted by molar-refractivity contribution is 5.76. The molecule has 0 aromatic rings. The Balaban J connectivity index is 3.42. The van der Waals surface area contributed by atoms with Crippen molar-refractivity contribution in [1.82, 2.24) is 5.32 Å². The third kappa shape index (κ3) is 65.0. The van der Waals surface area contributed by atoms with Gasteiger partial charge in [-0.1, -0.05) is 371 Å². The number of aliphatic hydroxyl groups excluding tert-OH is 2. The first-order valence-corrected chi connectivity index (χ1v) is 35.4. The first kappa shape index (κ1) is 75.3. The zero-order chi connectivity index (χ0) is 55.5. The van der Waals surface area contributed by atoms with Gasteiger partial charge in [0.15, 0.2) is 0 Å². The molecule has 0 bridgehead atoms. The number of hydrogen-bond acceptors (Lipinski definition) is 3. The number of carbonyl (C=O) groups excluding carboxylic acids is 1. The number of aliphatic hydroxyl groups is 2. The molecule has 4 nitrogen and oxygen atoms in total. The SMILES string of the molecule is CCCCCCC/C=C\C/C=C\CCCCCCCCCCCCCCCCCCCCCCCCCCCCCC(=O)NC(CO)C(O)/C=C/CC/C=C/CCCCCCCCCCCCCCCCCCCCCC. The van der Waals surface area contributed by atoms with Gasteiger partial charge in [0.25, 0.3) is 0 Å². The van der Waals surface area contributed by atoms with Crippen LogP contribution in [0.5, 0.6) is 0 Å². The molecule has 0 spiro atoms. The molecule has 454 valence electrons. The minimum absolute atomic E-state index is 0.0657. The second kappa shape index (κ2) is 68.6. The maximum absolute atomic E-state index is 12.5. The molecule has 0 aliphatic heterocycles. The number of hydrogen-bond donors (Lipinski definition) is 3. The normalized spacial score (nSPS) is 12.9. The Bertz CT molecular complexity index is 1220. The van der Waals surface area contributed by atoms with E-state index >= 15 is 0 Å². The van der Waals surface area contributed by atoms with Gasteiger partial charge in [0.1, 0.15) is 0 Å². The van der Waals surface area contributed by atoms with E-state index in [1.807, 2.05) is 6.08 Å². The summed E-state index contributed by atoms with van der Waals surface area (Å²) in [5, 5.41) is 23.3. The van der Waals surface area contributed by atoms with Crippen LogP contribution in [0, 0.1) is 0 Å². The molecule has 0 radical (unpaired) electrons. The largest absolute Gasteiger partial charge is 0.394 e. The van der Waals surface area contributed by atoms with E-state index in [-0.39, 0.29) is 12.5 Å². The lowest BCUT2D eigenvalue weighted by Crippen LogP contribution is -2.45. The van der Waals surface area contributed by atoms with E-state index in [1.165, 1.54) is 334 Å². The molecule has 2 unspecified atom stereocenters. The molecule has 0 rings (SSSR count). The van der Waals surface area contributed by atoms with Crippen molar-refractivity contribution in [1.29, 1.82) is 0 Å². The Labute approximate surface area is 484 Å². The topological polar surface area (TPSA) is 69.6 Å². The minimum atomic E-state index is -0.863. The summed E-state index contributed by atoms with van der Waals surface area (Å²) in [4.78, 5) is 12.5. The van der Waals surface area contributed by atoms with E-state index in [4.69, 9.17) is 0 Å². The molecule has 0 aromatic heterocycles. The van der Waals surface area contributed by atoms with Crippen LogP contribution < -0.4 is 5.32 Å². The second-order valence-electron chi connectivity index (χ2n) is 24.3. The first-order valence-electron chi connectivity index (χ1n) is 35.4. The zero-order valence-electron chi connectivity index (χ0n) is 52.5. The maximum atomic E-state index is 12.5. The lowest BCUT2D eigenvalue weighted by Gasteiger charge is -2.19. The lowest BCUT2D eigenvalue weighted by molar-refractivity contribution is -0.123. The van der Waals surface area contributed by atoms with Crippen LogP contribution in [0.2, 0.25) is 0 Å². The zero-order valence-corrected chi connectivity index (χ0v) is 52.5. The summed E-state index contributed by atoms with van der Waals surface area (Å²) in [5.74, 6) is -0.0657. The molecule has 0 aliphatic rings. The van der Waals surface area contributed by atoms with E-state index in [9.17, 15) is 15.0 Å². The molecule has 1 amide bonds. The average Bonchev–Trinajstić information content (AvgIpc) is 3.43. The van der Waals surface area contributed by atoms with Crippen LogP contribution in [0.3, 0.4) is 0 Å². The van der Waals surface area contributed by atoms with Crippen molar-refractivity contribution in [2.45, 2.75) is 405 Å². The Morgan fingerprint density at radius 1 is 0.312 bits per heavy atom. The summed E-state index contributed by atoms with van der Waals surface area (Å²) >= 11 is 0. The Hall–Kier alpha value is -1.65. The molecular formula is C73H139NO3. The molecule has 3 N–H and O–H groups in total. The molecule has 0 saturated carbocycles. The molecule has 0 aromatic carbocycles. The standard InChI is InChI=1S/C73H139NO3/c1-3-5-7-9-11-13-15-17-19-21-23-25-27-29-31-32-33-34-35-36-37-38-39-40-41-42-43-45-47-49-51-53-55-57-59-61-63-65-67-69-73(77)74-71(70-75)72(76)68-66-64-62-60-58-56-54-52-50-48-46-44-30-28-26-24-22-20-18-16-14-12-10-8-6-4-2/h15,17,21,23,58,60,66,68,71-72,75-76H,3-14,16,18-20,22,24-57,59,61-65,67,69-70H2,1-2H3,(H,74,77)/b17-15-,23-21-,60-58+,68-66+. The van der Waals surface area contributed by atoms with Gasteiger partial charge in [0.2, 0.25) is 5.91 Å². The minimum Gasteiger partial charge on any atom is -0.394 e. The van der Waals surface area contributed by atoms with Gasteiger partial charge in [-0.3, -0.25) is 4.79 Å². The van der Waals surface area contributed by atoms with Crippen molar-refractivity contribution >= 4 is 5.91 Å². The highest BCUT2D eigenvalue weighted by atomic mass is 16.3. The van der Waals surface area contributed by atoms with Crippen molar-refractivity contribution < 1.29 is 15.0 Å². The van der Waals surface area contributed by atoms with E-state index in [2.05, 4.69) is 55.6 Å². The molecular weight excluding hydrogens is 939 g/mol. The summed E-state index contributed by atoms with van der Waals surface area (Å²) in [6.45, 7) is 4.33. The predicted octanol–water partition coefficient (Wildman–Crippen LogP) is 24.1. The van der Waals surface area contributed by atoms with E-state index < -0.39 is 12.1 Å². The van der Waals surface area contributed by atoms with Crippen LogP contribution in [-0.4, -0.2) is 34.9 Å². The molecule has 77 heavy (non-hydrogen) atoms. The van der Waals surface area contributed by atoms with Crippen molar-refractivity contribution in [3.05, 3.63) is 48.6 Å².